The number of ketones is 1. The fraction of sp³-hybridized carbons (Fsp3) is 0.0500. The topological polar surface area (TPSA) is 60.4 Å². The first kappa shape index (κ1) is 24.7. The van der Waals surface area contributed by atoms with E-state index in [1.54, 1.807) is 18.2 Å². The van der Waals surface area contributed by atoms with Crippen LogP contribution >= 0.6 is 0 Å². The first-order valence-corrected chi connectivity index (χ1v) is 14.7. The van der Waals surface area contributed by atoms with Gasteiger partial charge in [-0.1, -0.05) is 72.3 Å². The van der Waals surface area contributed by atoms with Gasteiger partial charge in [-0.2, -0.15) is 0 Å². The van der Waals surface area contributed by atoms with Gasteiger partial charge in [0.1, 0.15) is 0 Å². The number of hydrogen-bond donors (Lipinski definition) is 0. The van der Waals surface area contributed by atoms with Gasteiger partial charge in [-0.05, 0) is 116 Å². The molecule has 0 radical (unpaired) electrons. The number of fused-ring (bicyclic) bond motifs is 4. The van der Waals surface area contributed by atoms with Crippen LogP contribution in [0.4, 0.5) is 0 Å². The highest BCUT2D eigenvalue weighted by molar-refractivity contribution is 6.18. The fourth-order valence-electron chi connectivity index (χ4n) is 6.80. The molecule has 1 heterocycles. The molecule has 1 aliphatic heterocycles. The highest BCUT2D eigenvalue weighted by atomic mass is 16.6. The van der Waals surface area contributed by atoms with E-state index >= 15 is 0 Å². The number of cyclic esters (lactones) is 2. The SMILES string of the molecule is O=C1C=CC(=C2CC2)c2cc(-c3cccc4ccccc34)c(-c3cc4c(cc3-c3cccc5c3=C=CC=5)C(=O)OC4=O)cc21. The molecule has 1 fully saturated rings. The molecule has 4 heteroatoms. The predicted molar refractivity (Wildman–Crippen MR) is 171 cm³/mol. The number of rotatable bonds is 3. The van der Waals surface area contributed by atoms with Gasteiger partial charge in [0, 0.05) is 10.8 Å². The minimum Gasteiger partial charge on any atom is -0.386 e. The lowest BCUT2D eigenvalue weighted by atomic mass is 9.80. The standard InChI is InChI=1S/C40H22O4/c41-38-17-16-27(24-14-15-24)30-18-31(28-12-4-8-22-6-1-2-10-25(22)28)33(19-35(30)38)34-21-37-36(39(42)44-40(37)43)20-32(34)29-13-5-9-23-7-3-11-26(23)29/h1-10,12-13,16-21H,14-15H2. The van der Waals surface area contributed by atoms with E-state index in [-0.39, 0.29) is 16.9 Å². The van der Waals surface area contributed by atoms with Gasteiger partial charge in [-0.15, -0.1) is 5.73 Å². The smallest absolute Gasteiger partial charge is 0.346 e. The Morgan fingerprint density at radius 2 is 1.20 bits per heavy atom. The van der Waals surface area contributed by atoms with Crippen LogP contribution in [0.2, 0.25) is 0 Å². The minimum absolute atomic E-state index is 0.0560. The second-order valence-electron chi connectivity index (χ2n) is 11.6. The third-order valence-corrected chi connectivity index (χ3v) is 9.03. The van der Waals surface area contributed by atoms with Crippen LogP contribution in [0, 0.1) is 0 Å². The van der Waals surface area contributed by atoms with Crippen molar-refractivity contribution in [2.24, 2.45) is 0 Å². The van der Waals surface area contributed by atoms with Crippen LogP contribution in [0.3, 0.4) is 0 Å². The molecule has 9 rings (SSSR count). The molecule has 4 nitrogen and oxygen atoms in total. The summed E-state index contributed by atoms with van der Waals surface area (Å²) in [6.07, 6.45) is 9.56. The van der Waals surface area contributed by atoms with E-state index in [4.69, 9.17) is 4.74 Å². The minimum atomic E-state index is -0.666. The molecule has 0 atom stereocenters. The Morgan fingerprint density at radius 1 is 0.568 bits per heavy atom. The number of benzene rings is 5. The van der Waals surface area contributed by atoms with Crippen molar-refractivity contribution in [2.45, 2.75) is 12.8 Å². The monoisotopic (exact) mass is 566 g/mol. The largest absolute Gasteiger partial charge is 0.386 e. The molecule has 0 aromatic heterocycles. The summed E-state index contributed by atoms with van der Waals surface area (Å²) in [6, 6.07) is 28.2. The van der Waals surface area contributed by atoms with Gasteiger partial charge >= 0.3 is 11.9 Å². The normalized spacial score (nSPS) is 15.6. The average Bonchev–Trinajstić information content (AvgIpc) is 3.70. The van der Waals surface area contributed by atoms with Crippen LogP contribution in [-0.4, -0.2) is 17.7 Å². The lowest BCUT2D eigenvalue weighted by Crippen LogP contribution is -2.23. The third-order valence-electron chi connectivity index (χ3n) is 9.03. The van der Waals surface area contributed by atoms with E-state index in [2.05, 4.69) is 36.1 Å². The number of allylic oxidation sites excluding steroid dienone is 5. The van der Waals surface area contributed by atoms with Gasteiger partial charge in [-0.25, -0.2) is 9.59 Å². The van der Waals surface area contributed by atoms with E-state index in [1.165, 1.54) is 5.57 Å². The maximum Gasteiger partial charge on any atom is 0.346 e. The Balaban J connectivity index is 1.43. The molecule has 1 saturated carbocycles. The third kappa shape index (κ3) is 3.62. The molecule has 0 unspecified atom stereocenters. The summed E-state index contributed by atoms with van der Waals surface area (Å²) >= 11 is 0. The number of carbonyl (C=O) groups excluding carboxylic acids is 3. The average molecular weight is 567 g/mol. The Morgan fingerprint density at radius 3 is 2.00 bits per heavy atom. The van der Waals surface area contributed by atoms with Crippen LogP contribution < -0.4 is 10.4 Å². The van der Waals surface area contributed by atoms with Crippen molar-refractivity contribution in [2.75, 3.05) is 0 Å². The van der Waals surface area contributed by atoms with Gasteiger partial charge in [0.2, 0.25) is 0 Å². The van der Waals surface area contributed by atoms with Gasteiger partial charge in [0.15, 0.2) is 5.78 Å². The predicted octanol–water partition coefficient (Wildman–Crippen LogP) is 7.18. The zero-order chi connectivity index (χ0) is 29.5. The zero-order valence-corrected chi connectivity index (χ0v) is 23.4. The number of esters is 2. The van der Waals surface area contributed by atoms with Crippen molar-refractivity contribution in [1.29, 1.82) is 0 Å². The number of carbonyl (C=O) groups is 3. The molecule has 206 valence electrons. The quantitative estimate of drug-likeness (QED) is 0.171. The van der Waals surface area contributed by atoms with Gasteiger partial charge < -0.3 is 4.74 Å². The summed E-state index contributed by atoms with van der Waals surface area (Å²) in [7, 11) is 0. The fourth-order valence-corrected chi connectivity index (χ4v) is 6.80. The maximum atomic E-state index is 13.5. The second-order valence-corrected chi connectivity index (χ2v) is 11.6. The van der Waals surface area contributed by atoms with Crippen molar-refractivity contribution in [3.05, 3.63) is 141 Å². The molecule has 0 bridgehead atoms. The van der Waals surface area contributed by atoms with Gasteiger partial charge in [0.05, 0.1) is 11.1 Å². The molecule has 0 spiro atoms. The summed E-state index contributed by atoms with van der Waals surface area (Å²) in [5.74, 6) is -1.38. The summed E-state index contributed by atoms with van der Waals surface area (Å²) in [5, 5.41) is 4.12. The first-order chi connectivity index (χ1) is 21.5. The van der Waals surface area contributed by atoms with E-state index in [0.717, 1.165) is 78.6 Å². The molecular formula is C40H22O4. The van der Waals surface area contributed by atoms with Crippen LogP contribution in [0.25, 0.3) is 61.5 Å². The highest BCUT2D eigenvalue weighted by Crippen LogP contribution is 2.47. The molecule has 44 heavy (non-hydrogen) atoms. The molecule has 4 aliphatic rings. The lowest BCUT2D eigenvalue weighted by molar-refractivity contribution is 0.0443. The molecule has 5 aromatic rings. The lowest BCUT2D eigenvalue weighted by Gasteiger charge is -2.22. The molecule has 0 saturated heterocycles. The highest BCUT2D eigenvalue weighted by Gasteiger charge is 2.33. The van der Waals surface area contributed by atoms with E-state index in [0.29, 0.717) is 5.56 Å². The molecule has 5 aromatic carbocycles. The summed E-state index contributed by atoms with van der Waals surface area (Å²) in [6.45, 7) is 0. The van der Waals surface area contributed by atoms with Gasteiger partial charge in [0.25, 0.3) is 0 Å². The van der Waals surface area contributed by atoms with Crippen LogP contribution in [0.15, 0.2) is 109 Å². The Bertz CT molecular complexity index is 2440. The van der Waals surface area contributed by atoms with Crippen LogP contribution in [0.1, 0.15) is 49.5 Å². The van der Waals surface area contributed by atoms with Crippen molar-refractivity contribution in [3.63, 3.8) is 0 Å². The van der Waals surface area contributed by atoms with Crippen molar-refractivity contribution in [1.82, 2.24) is 0 Å². The first-order valence-electron chi connectivity index (χ1n) is 14.7. The van der Waals surface area contributed by atoms with Crippen LogP contribution in [-0.2, 0) is 4.74 Å². The molecule has 0 N–H and O–H groups in total. The van der Waals surface area contributed by atoms with Crippen LogP contribution in [0.5, 0.6) is 0 Å². The number of hydrogen-bond acceptors (Lipinski definition) is 4. The Kier molecular flexibility index (Phi) is 5.11. The Hall–Kier alpha value is -5.83. The molecular weight excluding hydrogens is 544 g/mol. The zero-order valence-electron chi connectivity index (χ0n) is 23.4. The van der Waals surface area contributed by atoms with E-state index in [9.17, 15) is 14.4 Å². The molecule has 3 aliphatic carbocycles. The summed E-state index contributed by atoms with van der Waals surface area (Å²) in [5.41, 5.74) is 13.0. The molecule has 0 amide bonds. The maximum absolute atomic E-state index is 13.5. The second kappa shape index (κ2) is 9.08. The summed E-state index contributed by atoms with van der Waals surface area (Å²) < 4.78 is 5.06. The Labute approximate surface area is 252 Å². The van der Waals surface area contributed by atoms with Crippen molar-refractivity contribution in [3.8, 4) is 33.4 Å². The van der Waals surface area contributed by atoms with E-state index in [1.807, 2.05) is 60.7 Å². The number of ether oxygens (including phenoxy) is 1. The van der Waals surface area contributed by atoms with Crippen molar-refractivity contribution < 1.29 is 19.1 Å². The van der Waals surface area contributed by atoms with Crippen molar-refractivity contribution >= 4 is 45.9 Å². The van der Waals surface area contributed by atoms with E-state index < -0.39 is 11.9 Å². The summed E-state index contributed by atoms with van der Waals surface area (Å²) in [4.78, 5) is 39.1. The van der Waals surface area contributed by atoms with Gasteiger partial charge in [-0.3, -0.25) is 4.79 Å².